The predicted octanol–water partition coefficient (Wildman–Crippen LogP) is 2.54. The van der Waals surface area contributed by atoms with Crippen molar-refractivity contribution in [3.63, 3.8) is 0 Å². The molecule has 0 unspecified atom stereocenters. The lowest BCUT2D eigenvalue weighted by molar-refractivity contribution is -0.0878. The van der Waals surface area contributed by atoms with Gasteiger partial charge in [0, 0.05) is 30.6 Å². The van der Waals surface area contributed by atoms with Crippen molar-refractivity contribution < 1.29 is 14.3 Å². The maximum absolute atomic E-state index is 12.0. The Balaban J connectivity index is 1.46. The van der Waals surface area contributed by atoms with Crippen molar-refractivity contribution in [3.8, 4) is 0 Å². The number of amides is 2. The average Bonchev–Trinajstić information content (AvgIpc) is 3.06. The zero-order valence-corrected chi connectivity index (χ0v) is 13.3. The Labute approximate surface area is 133 Å². The molecule has 3 heterocycles. The van der Waals surface area contributed by atoms with Crippen LogP contribution in [0.25, 0.3) is 0 Å². The van der Waals surface area contributed by atoms with Gasteiger partial charge in [-0.2, -0.15) is 0 Å². The van der Waals surface area contributed by atoms with Crippen molar-refractivity contribution in [3.05, 3.63) is 21.3 Å². The summed E-state index contributed by atoms with van der Waals surface area (Å²) in [6, 6.07) is 3.77. The van der Waals surface area contributed by atoms with Crippen LogP contribution in [-0.4, -0.2) is 37.5 Å². The van der Waals surface area contributed by atoms with Crippen LogP contribution in [-0.2, 0) is 16.0 Å². The lowest BCUT2D eigenvalue weighted by atomic mass is 9.90. The largest absolute Gasteiger partial charge is 0.378 e. The fraction of sp³-hybridized carbons (Fsp3) is 0.643. The molecule has 1 aromatic rings. The third-order valence-corrected chi connectivity index (χ3v) is 5.18. The molecule has 116 valence electrons. The van der Waals surface area contributed by atoms with Crippen LogP contribution in [0.15, 0.2) is 12.1 Å². The van der Waals surface area contributed by atoms with Gasteiger partial charge in [-0.25, -0.2) is 4.79 Å². The van der Waals surface area contributed by atoms with Gasteiger partial charge in [0.15, 0.2) is 0 Å². The summed E-state index contributed by atoms with van der Waals surface area (Å²) in [7, 11) is 0. The number of urea groups is 1. The maximum Gasteiger partial charge on any atom is 0.315 e. The fourth-order valence-corrected chi connectivity index (χ4v) is 3.89. The molecule has 2 fully saturated rings. The zero-order chi connectivity index (χ0) is 14.7. The van der Waals surface area contributed by atoms with Gasteiger partial charge in [0.1, 0.15) is 0 Å². The quantitative estimate of drug-likeness (QED) is 0.895. The molecule has 7 heteroatoms. The molecule has 1 spiro atoms. The molecule has 0 saturated carbocycles. The summed E-state index contributed by atoms with van der Waals surface area (Å²) in [5, 5.41) is 5.90. The molecular formula is C14H19ClN2O3S. The first-order valence-corrected chi connectivity index (χ1v) is 8.35. The van der Waals surface area contributed by atoms with Gasteiger partial charge in [-0.05, 0) is 25.0 Å². The van der Waals surface area contributed by atoms with Crippen LogP contribution < -0.4 is 10.6 Å². The number of hydrogen-bond donors (Lipinski definition) is 2. The van der Waals surface area contributed by atoms with Gasteiger partial charge in [-0.15, -0.1) is 11.3 Å². The van der Waals surface area contributed by atoms with Gasteiger partial charge in [0.2, 0.25) is 0 Å². The number of ether oxygens (including phenoxy) is 2. The molecule has 1 aromatic heterocycles. The van der Waals surface area contributed by atoms with E-state index in [1.807, 2.05) is 12.1 Å². The lowest BCUT2D eigenvalue weighted by Gasteiger charge is -2.37. The molecule has 0 radical (unpaired) electrons. The molecule has 3 rings (SSSR count). The Hall–Kier alpha value is -0.820. The van der Waals surface area contributed by atoms with E-state index in [1.54, 1.807) is 0 Å². The highest BCUT2D eigenvalue weighted by Gasteiger charge is 2.41. The van der Waals surface area contributed by atoms with Crippen LogP contribution in [0.4, 0.5) is 4.79 Å². The zero-order valence-electron chi connectivity index (χ0n) is 11.7. The van der Waals surface area contributed by atoms with E-state index in [2.05, 4.69) is 10.6 Å². The summed E-state index contributed by atoms with van der Waals surface area (Å²) in [6.45, 7) is 2.56. The van der Waals surface area contributed by atoms with Gasteiger partial charge in [-0.3, -0.25) is 0 Å². The van der Waals surface area contributed by atoms with Crippen molar-refractivity contribution in [1.82, 2.24) is 10.6 Å². The van der Waals surface area contributed by atoms with E-state index >= 15 is 0 Å². The minimum Gasteiger partial charge on any atom is -0.378 e. The van der Waals surface area contributed by atoms with Crippen LogP contribution in [0.5, 0.6) is 0 Å². The standard InChI is InChI=1S/C14H19ClN2O3S/c15-12-2-1-11(21-12)8-16-13(18)17-10-3-5-20-14(7-10)4-6-19-9-14/h1-2,10H,3-9H2,(H2,16,17,18)/t10-,14+/m1/s1. The minimum absolute atomic E-state index is 0.138. The number of carbonyl (C=O) groups excluding carboxylic acids is 1. The SMILES string of the molecule is O=C(NCc1ccc(Cl)s1)N[C@@H]1CCO[C@@]2(CCOC2)C1. The van der Waals surface area contributed by atoms with Crippen LogP contribution in [0, 0.1) is 0 Å². The molecule has 2 saturated heterocycles. The molecule has 21 heavy (non-hydrogen) atoms. The molecular weight excluding hydrogens is 312 g/mol. The van der Waals surface area contributed by atoms with E-state index in [0.29, 0.717) is 19.8 Å². The molecule has 2 aliphatic rings. The number of rotatable bonds is 3. The average molecular weight is 331 g/mol. The second-order valence-electron chi connectivity index (χ2n) is 5.56. The van der Waals surface area contributed by atoms with E-state index < -0.39 is 0 Å². The number of carbonyl (C=O) groups is 1. The first-order chi connectivity index (χ1) is 10.2. The first-order valence-electron chi connectivity index (χ1n) is 7.16. The Morgan fingerprint density at radius 3 is 3.10 bits per heavy atom. The van der Waals surface area contributed by atoms with Gasteiger partial charge in [0.05, 0.1) is 23.1 Å². The number of halogens is 1. The third-order valence-electron chi connectivity index (χ3n) is 3.95. The predicted molar refractivity (Wildman–Crippen MR) is 81.8 cm³/mol. The summed E-state index contributed by atoms with van der Waals surface area (Å²) in [4.78, 5) is 13.0. The Bertz CT molecular complexity index is 502. The van der Waals surface area contributed by atoms with E-state index in [-0.39, 0.29) is 17.7 Å². The van der Waals surface area contributed by atoms with Gasteiger partial charge < -0.3 is 20.1 Å². The highest BCUT2D eigenvalue weighted by Crippen LogP contribution is 2.32. The van der Waals surface area contributed by atoms with Crippen molar-refractivity contribution in [1.29, 1.82) is 0 Å². The molecule has 2 N–H and O–H groups in total. The van der Waals surface area contributed by atoms with E-state index in [1.165, 1.54) is 11.3 Å². The molecule has 2 amide bonds. The Kier molecular flexibility index (Phi) is 4.69. The summed E-state index contributed by atoms with van der Waals surface area (Å²) in [5.74, 6) is 0. The number of hydrogen-bond acceptors (Lipinski definition) is 4. The van der Waals surface area contributed by atoms with Crippen molar-refractivity contribution in [2.75, 3.05) is 19.8 Å². The summed E-state index contributed by atoms with van der Waals surface area (Å²) >= 11 is 7.34. The molecule has 0 bridgehead atoms. The first kappa shape index (κ1) is 15.1. The van der Waals surface area contributed by atoms with Crippen LogP contribution >= 0.6 is 22.9 Å². The third kappa shape index (κ3) is 3.88. The van der Waals surface area contributed by atoms with E-state index in [4.69, 9.17) is 21.1 Å². The number of thiophene rings is 1. The lowest BCUT2D eigenvalue weighted by Crippen LogP contribution is -2.51. The smallest absolute Gasteiger partial charge is 0.315 e. The van der Waals surface area contributed by atoms with E-state index in [0.717, 1.165) is 35.1 Å². The van der Waals surface area contributed by atoms with E-state index in [9.17, 15) is 4.79 Å². The number of nitrogens with one attached hydrogen (secondary N) is 2. The van der Waals surface area contributed by atoms with Crippen molar-refractivity contribution >= 4 is 29.0 Å². The monoisotopic (exact) mass is 330 g/mol. The maximum atomic E-state index is 12.0. The Morgan fingerprint density at radius 2 is 2.38 bits per heavy atom. The second kappa shape index (κ2) is 6.52. The Morgan fingerprint density at radius 1 is 1.48 bits per heavy atom. The molecule has 0 aromatic carbocycles. The van der Waals surface area contributed by atoms with Gasteiger partial charge in [-0.1, -0.05) is 11.6 Å². The van der Waals surface area contributed by atoms with Crippen LogP contribution in [0.3, 0.4) is 0 Å². The topological polar surface area (TPSA) is 59.6 Å². The molecule has 5 nitrogen and oxygen atoms in total. The molecule has 2 atom stereocenters. The summed E-state index contributed by atoms with van der Waals surface area (Å²) < 4.78 is 12.0. The van der Waals surface area contributed by atoms with Crippen LogP contribution in [0.2, 0.25) is 4.34 Å². The van der Waals surface area contributed by atoms with Crippen molar-refractivity contribution in [2.24, 2.45) is 0 Å². The second-order valence-corrected chi connectivity index (χ2v) is 7.36. The minimum atomic E-state index is -0.183. The normalized spacial score (nSPS) is 28.7. The molecule has 0 aliphatic carbocycles. The molecule has 2 aliphatic heterocycles. The van der Waals surface area contributed by atoms with Crippen LogP contribution in [0.1, 0.15) is 24.1 Å². The highest BCUT2D eigenvalue weighted by molar-refractivity contribution is 7.16. The highest BCUT2D eigenvalue weighted by atomic mass is 35.5. The van der Waals surface area contributed by atoms with Gasteiger partial charge >= 0.3 is 6.03 Å². The summed E-state index contributed by atoms with van der Waals surface area (Å²) in [5.41, 5.74) is -0.183. The fourth-order valence-electron chi connectivity index (χ4n) is 2.86. The van der Waals surface area contributed by atoms with Crippen molar-refractivity contribution in [2.45, 2.75) is 37.5 Å². The van der Waals surface area contributed by atoms with Gasteiger partial charge in [0.25, 0.3) is 0 Å². The summed E-state index contributed by atoms with van der Waals surface area (Å²) in [6.07, 6.45) is 2.59.